The zero-order valence-electron chi connectivity index (χ0n) is 15.1. The molecule has 4 N–H and O–H groups in total. The molecular weight excluding hydrogens is 342 g/mol. The van der Waals surface area contributed by atoms with Crippen LogP contribution in [0.25, 0.3) is 0 Å². The van der Waals surface area contributed by atoms with Gasteiger partial charge >= 0.3 is 0 Å². The zero-order valence-corrected chi connectivity index (χ0v) is 15.9. The van der Waals surface area contributed by atoms with Crippen molar-refractivity contribution in [3.05, 3.63) is 24.3 Å². The van der Waals surface area contributed by atoms with E-state index in [1.807, 2.05) is 6.92 Å². The minimum Gasteiger partial charge on any atom is -0.383 e. The molecule has 1 rings (SSSR count). The molecular formula is C17H27N3O4S. The Morgan fingerprint density at radius 3 is 2.48 bits per heavy atom. The van der Waals surface area contributed by atoms with Gasteiger partial charge in [-0.2, -0.15) is 0 Å². The van der Waals surface area contributed by atoms with Gasteiger partial charge in [-0.1, -0.05) is 19.9 Å². The van der Waals surface area contributed by atoms with Gasteiger partial charge in [-0.25, -0.2) is 8.42 Å². The molecule has 0 bridgehead atoms. The van der Waals surface area contributed by atoms with Crippen molar-refractivity contribution in [2.45, 2.75) is 44.6 Å². The first-order chi connectivity index (χ1) is 11.4. The van der Waals surface area contributed by atoms with Gasteiger partial charge in [0.15, 0.2) is 9.84 Å². The number of nitrogens with one attached hydrogen (secondary N) is 2. The van der Waals surface area contributed by atoms with E-state index in [2.05, 4.69) is 10.6 Å². The largest absolute Gasteiger partial charge is 0.383 e. The van der Waals surface area contributed by atoms with Crippen LogP contribution in [0.3, 0.4) is 0 Å². The van der Waals surface area contributed by atoms with Crippen LogP contribution in [-0.4, -0.2) is 39.1 Å². The predicted molar refractivity (Wildman–Crippen MR) is 97.9 cm³/mol. The van der Waals surface area contributed by atoms with Crippen molar-refractivity contribution in [3.63, 3.8) is 0 Å². The van der Waals surface area contributed by atoms with Crippen molar-refractivity contribution in [3.8, 4) is 0 Å². The lowest BCUT2D eigenvalue weighted by Gasteiger charge is -2.21. The van der Waals surface area contributed by atoms with Gasteiger partial charge in [0.05, 0.1) is 4.90 Å². The summed E-state index contributed by atoms with van der Waals surface area (Å²) >= 11 is 0. The average Bonchev–Trinajstić information content (AvgIpc) is 2.50. The second kappa shape index (κ2) is 8.33. The number of amides is 2. The van der Waals surface area contributed by atoms with Crippen LogP contribution in [0.5, 0.6) is 0 Å². The molecule has 0 heterocycles. The van der Waals surface area contributed by atoms with Gasteiger partial charge in [-0.15, -0.1) is 0 Å². The number of primary amides is 1. The molecule has 0 aliphatic rings. The van der Waals surface area contributed by atoms with E-state index in [1.54, 1.807) is 32.0 Å². The van der Waals surface area contributed by atoms with Gasteiger partial charge in [-0.05, 0) is 31.5 Å². The number of benzene rings is 1. The number of carbonyl (C=O) groups excluding carboxylic acids is 2. The molecule has 8 heteroatoms. The molecule has 0 aromatic heterocycles. The Labute approximate surface area is 149 Å². The SMILES string of the molecule is C[C@@H](CNc1cccc(S(C)(=O)=O)c1)NC(=O)CCC(C)(C)C(N)=O. The van der Waals surface area contributed by atoms with Crippen LogP contribution in [-0.2, 0) is 19.4 Å². The number of anilines is 1. The first-order valence-corrected chi connectivity index (χ1v) is 9.94. The quantitative estimate of drug-likeness (QED) is 0.606. The lowest BCUT2D eigenvalue weighted by atomic mass is 9.87. The monoisotopic (exact) mass is 369 g/mol. The fourth-order valence-electron chi connectivity index (χ4n) is 2.05. The molecule has 0 saturated heterocycles. The smallest absolute Gasteiger partial charge is 0.223 e. The van der Waals surface area contributed by atoms with Crippen molar-refractivity contribution in [2.75, 3.05) is 18.1 Å². The molecule has 2 amide bonds. The number of hydrogen-bond donors (Lipinski definition) is 3. The number of hydrogen-bond acceptors (Lipinski definition) is 5. The van der Waals surface area contributed by atoms with E-state index in [0.29, 0.717) is 18.7 Å². The topological polar surface area (TPSA) is 118 Å². The average molecular weight is 369 g/mol. The highest BCUT2D eigenvalue weighted by molar-refractivity contribution is 7.90. The van der Waals surface area contributed by atoms with Crippen molar-refractivity contribution >= 4 is 27.3 Å². The molecule has 0 fully saturated rings. The lowest BCUT2D eigenvalue weighted by molar-refractivity contribution is -0.127. The third kappa shape index (κ3) is 7.13. The third-order valence-electron chi connectivity index (χ3n) is 3.93. The second-order valence-electron chi connectivity index (χ2n) is 6.90. The first kappa shape index (κ1) is 21.0. The second-order valence-corrected chi connectivity index (χ2v) is 8.91. The number of sulfone groups is 1. The summed E-state index contributed by atoms with van der Waals surface area (Å²) in [6.45, 7) is 5.70. The van der Waals surface area contributed by atoms with Crippen LogP contribution in [0.4, 0.5) is 5.69 Å². The summed E-state index contributed by atoms with van der Waals surface area (Å²) in [5.74, 6) is -0.589. The van der Waals surface area contributed by atoms with Gasteiger partial charge in [0.25, 0.3) is 0 Å². The number of carbonyl (C=O) groups is 2. The minimum atomic E-state index is -3.26. The van der Waals surface area contributed by atoms with Crippen molar-refractivity contribution in [1.29, 1.82) is 0 Å². The molecule has 0 radical (unpaired) electrons. The Morgan fingerprint density at radius 2 is 1.92 bits per heavy atom. The summed E-state index contributed by atoms with van der Waals surface area (Å²) in [6, 6.07) is 6.35. The predicted octanol–water partition coefficient (Wildman–Crippen LogP) is 1.30. The fourth-order valence-corrected chi connectivity index (χ4v) is 2.72. The van der Waals surface area contributed by atoms with E-state index in [0.717, 1.165) is 6.26 Å². The van der Waals surface area contributed by atoms with E-state index in [-0.39, 0.29) is 23.3 Å². The van der Waals surface area contributed by atoms with E-state index in [4.69, 9.17) is 5.73 Å². The summed E-state index contributed by atoms with van der Waals surface area (Å²) < 4.78 is 23.1. The van der Waals surface area contributed by atoms with Crippen LogP contribution >= 0.6 is 0 Å². The lowest BCUT2D eigenvalue weighted by Crippen LogP contribution is -2.39. The van der Waals surface area contributed by atoms with Crippen LogP contribution in [0.2, 0.25) is 0 Å². The van der Waals surface area contributed by atoms with Crippen LogP contribution in [0, 0.1) is 5.41 Å². The molecule has 1 aromatic rings. The molecule has 0 spiro atoms. The maximum absolute atomic E-state index is 11.9. The maximum atomic E-state index is 11.9. The first-order valence-electron chi connectivity index (χ1n) is 8.05. The Kier molecular flexibility index (Phi) is 6.98. The summed E-state index contributed by atoms with van der Waals surface area (Å²) in [7, 11) is -3.26. The van der Waals surface area contributed by atoms with Gasteiger partial charge in [0.1, 0.15) is 0 Å². The normalized spacial score (nSPS) is 13.1. The summed E-state index contributed by atoms with van der Waals surface area (Å²) in [5, 5.41) is 5.93. The molecule has 7 nitrogen and oxygen atoms in total. The van der Waals surface area contributed by atoms with Crippen LogP contribution in [0.15, 0.2) is 29.2 Å². The Morgan fingerprint density at radius 1 is 1.28 bits per heavy atom. The van der Waals surface area contributed by atoms with E-state index in [9.17, 15) is 18.0 Å². The molecule has 1 aromatic carbocycles. The summed E-state index contributed by atoms with van der Waals surface area (Å²) in [6.07, 6.45) is 1.75. The molecule has 0 aliphatic carbocycles. The van der Waals surface area contributed by atoms with E-state index in [1.165, 1.54) is 6.07 Å². The third-order valence-corrected chi connectivity index (χ3v) is 5.04. The molecule has 0 aliphatic heterocycles. The molecule has 140 valence electrons. The highest BCUT2D eigenvalue weighted by atomic mass is 32.2. The zero-order chi connectivity index (χ0) is 19.3. The summed E-state index contributed by atoms with van der Waals surface area (Å²) in [5.41, 5.74) is 5.24. The standard InChI is InChI=1S/C17H27N3O4S/c1-12(20-15(21)8-9-17(2,3)16(18)22)11-19-13-6-5-7-14(10-13)25(4,23)24/h5-7,10,12,19H,8-9,11H2,1-4H3,(H2,18,22)(H,20,21)/t12-/m0/s1. The van der Waals surface area contributed by atoms with Crippen LogP contribution in [0.1, 0.15) is 33.6 Å². The Bertz CT molecular complexity index is 729. The molecule has 0 unspecified atom stereocenters. The summed E-state index contributed by atoms with van der Waals surface area (Å²) in [4.78, 5) is 23.4. The molecule has 25 heavy (non-hydrogen) atoms. The fraction of sp³-hybridized carbons (Fsp3) is 0.529. The minimum absolute atomic E-state index is 0.159. The Balaban J connectivity index is 2.49. The van der Waals surface area contributed by atoms with Crippen molar-refractivity contribution < 1.29 is 18.0 Å². The van der Waals surface area contributed by atoms with E-state index >= 15 is 0 Å². The highest BCUT2D eigenvalue weighted by Gasteiger charge is 2.25. The molecule has 1 atom stereocenters. The van der Waals surface area contributed by atoms with Crippen LogP contribution < -0.4 is 16.4 Å². The molecule has 0 saturated carbocycles. The van der Waals surface area contributed by atoms with Gasteiger partial charge in [-0.3, -0.25) is 9.59 Å². The van der Waals surface area contributed by atoms with Gasteiger partial charge in [0.2, 0.25) is 11.8 Å². The van der Waals surface area contributed by atoms with Crippen molar-refractivity contribution in [2.24, 2.45) is 11.1 Å². The number of nitrogens with two attached hydrogens (primary N) is 1. The van der Waals surface area contributed by atoms with Gasteiger partial charge < -0.3 is 16.4 Å². The Hall–Kier alpha value is -2.09. The van der Waals surface area contributed by atoms with Crippen molar-refractivity contribution in [1.82, 2.24) is 5.32 Å². The highest BCUT2D eigenvalue weighted by Crippen LogP contribution is 2.21. The van der Waals surface area contributed by atoms with Gasteiger partial charge in [0, 0.05) is 36.4 Å². The maximum Gasteiger partial charge on any atom is 0.223 e. The number of rotatable bonds is 9. The van der Waals surface area contributed by atoms with E-state index < -0.39 is 21.2 Å².